The molecule has 0 aromatic heterocycles. The van der Waals surface area contributed by atoms with E-state index in [9.17, 15) is 19.7 Å². The predicted octanol–water partition coefficient (Wildman–Crippen LogP) is 3.14. The number of thioether (sulfide) groups is 2. The first-order chi connectivity index (χ1) is 13.2. The van der Waals surface area contributed by atoms with Crippen molar-refractivity contribution < 1.29 is 19.2 Å². The molecule has 1 unspecified atom stereocenters. The third kappa shape index (κ3) is 3.24. The Morgan fingerprint density at radius 1 is 1.36 bits per heavy atom. The Kier molecular flexibility index (Phi) is 5.39. The SMILES string of the molecule is CCOC(=O)C1=C(C)N(C)C2(SC(C(C)=O)=NN2c2cccc([N+](=O)[O-])c2)S1. The first-order valence-corrected chi connectivity index (χ1v) is 9.98. The van der Waals surface area contributed by atoms with Gasteiger partial charge in [0.15, 0.2) is 10.8 Å². The summed E-state index contributed by atoms with van der Waals surface area (Å²) in [6.45, 7) is 5.15. The molecule has 148 valence electrons. The topological polar surface area (TPSA) is 105 Å². The normalized spacial score (nSPS) is 21.4. The molecule has 3 rings (SSSR count). The van der Waals surface area contributed by atoms with Gasteiger partial charge in [0.2, 0.25) is 4.33 Å². The quantitative estimate of drug-likeness (QED) is 0.402. The molecule has 1 spiro atoms. The van der Waals surface area contributed by atoms with Crippen LogP contribution < -0.4 is 5.01 Å². The van der Waals surface area contributed by atoms with Crippen LogP contribution in [0, 0.1) is 10.1 Å². The van der Waals surface area contributed by atoms with E-state index in [4.69, 9.17) is 4.74 Å². The summed E-state index contributed by atoms with van der Waals surface area (Å²) in [6.07, 6.45) is 0. The second-order valence-electron chi connectivity index (χ2n) is 6.00. The number of Topliss-reactive ketones (excluding diaryl/α,β-unsaturated/α-hetero) is 1. The number of allylic oxidation sites excluding steroid dienone is 1. The number of hydrogen-bond donors (Lipinski definition) is 0. The van der Waals surface area contributed by atoms with Crippen molar-refractivity contribution in [2.45, 2.75) is 25.1 Å². The maximum atomic E-state index is 12.4. The van der Waals surface area contributed by atoms with Crippen molar-refractivity contribution in [1.29, 1.82) is 0 Å². The molecule has 2 heterocycles. The standard InChI is InChI=1S/C17H18N4O5S2/c1-5-26-16(23)14-10(2)19(4)17(27-14)20(18-15(28-17)11(3)22)12-7-6-8-13(9-12)21(24)25/h6-9H,5H2,1-4H3. The summed E-state index contributed by atoms with van der Waals surface area (Å²) in [5, 5.41) is 17.4. The molecular weight excluding hydrogens is 404 g/mol. The number of rotatable bonds is 5. The number of nitro benzene ring substituents is 1. The van der Waals surface area contributed by atoms with Crippen molar-refractivity contribution in [3.8, 4) is 0 Å². The minimum atomic E-state index is -0.998. The minimum absolute atomic E-state index is 0.0925. The van der Waals surface area contributed by atoms with Crippen molar-refractivity contribution >= 4 is 51.7 Å². The van der Waals surface area contributed by atoms with Gasteiger partial charge in [-0.1, -0.05) is 17.8 Å². The first kappa shape index (κ1) is 20.2. The number of esters is 1. The third-order valence-corrected chi connectivity index (χ3v) is 7.38. The Bertz CT molecular complexity index is 932. The molecule has 0 saturated heterocycles. The Balaban J connectivity index is 2.07. The van der Waals surface area contributed by atoms with Gasteiger partial charge < -0.3 is 9.64 Å². The Labute approximate surface area is 169 Å². The average Bonchev–Trinajstić information content (AvgIpc) is 3.16. The van der Waals surface area contributed by atoms with Crippen molar-refractivity contribution in [3.05, 3.63) is 45.0 Å². The van der Waals surface area contributed by atoms with Crippen LogP contribution in [0.2, 0.25) is 0 Å². The van der Waals surface area contributed by atoms with E-state index in [1.807, 2.05) is 4.90 Å². The number of benzene rings is 1. The lowest BCUT2D eigenvalue weighted by Crippen LogP contribution is -2.47. The molecule has 0 N–H and O–H groups in total. The lowest BCUT2D eigenvalue weighted by Gasteiger charge is -2.39. The molecule has 1 aromatic rings. The van der Waals surface area contributed by atoms with Crippen LogP contribution in [0.5, 0.6) is 0 Å². The molecular formula is C17H18N4O5S2. The molecule has 11 heteroatoms. The summed E-state index contributed by atoms with van der Waals surface area (Å²) < 4.78 is 4.15. The largest absolute Gasteiger partial charge is 0.462 e. The van der Waals surface area contributed by atoms with Crippen LogP contribution in [-0.4, -0.2) is 44.6 Å². The predicted molar refractivity (Wildman–Crippen MR) is 109 cm³/mol. The van der Waals surface area contributed by atoms with Crippen LogP contribution in [-0.2, 0) is 14.3 Å². The number of ketones is 1. The van der Waals surface area contributed by atoms with Crippen molar-refractivity contribution in [2.24, 2.45) is 5.10 Å². The van der Waals surface area contributed by atoms with E-state index < -0.39 is 15.2 Å². The monoisotopic (exact) mass is 422 g/mol. The van der Waals surface area contributed by atoms with E-state index in [1.165, 1.54) is 42.6 Å². The van der Waals surface area contributed by atoms with Gasteiger partial charge in [0.05, 0.1) is 17.2 Å². The van der Waals surface area contributed by atoms with Crippen LogP contribution in [0.25, 0.3) is 0 Å². The van der Waals surface area contributed by atoms with E-state index in [0.717, 1.165) is 0 Å². The first-order valence-electron chi connectivity index (χ1n) is 8.35. The van der Waals surface area contributed by atoms with Crippen LogP contribution in [0.15, 0.2) is 40.0 Å². The maximum Gasteiger partial charge on any atom is 0.346 e. The fourth-order valence-corrected chi connectivity index (χ4v) is 5.62. The Morgan fingerprint density at radius 3 is 2.68 bits per heavy atom. The smallest absolute Gasteiger partial charge is 0.346 e. The second kappa shape index (κ2) is 7.47. The molecule has 0 amide bonds. The lowest BCUT2D eigenvalue weighted by molar-refractivity contribution is -0.384. The average molecular weight is 422 g/mol. The summed E-state index contributed by atoms with van der Waals surface area (Å²) in [7, 11) is 1.78. The minimum Gasteiger partial charge on any atom is -0.462 e. The Hall–Kier alpha value is -2.53. The lowest BCUT2D eigenvalue weighted by atomic mass is 10.3. The van der Waals surface area contributed by atoms with E-state index in [2.05, 4.69) is 5.10 Å². The molecule has 28 heavy (non-hydrogen) atoms. The summed E-state index contributed by atoms with van der Waals surface area (Å²) in [5.41, 5.74) is 1.02. The molecule has 0 bridgehead atoms. The summed E-state index contributed by atoms with van der Waals surface area (Å²) >= 11 is 2.40. The molecule has 9 nitrogen and oxygen atoms in total. The van der Waals surface area contributed by atoms with E-state index in [-0.39, 0.29) is 23.1 Å². The summed E-state index contributed by atoms with van der Waals surface area (Å²) in [5.74, 6) is -0.682. The zero-order valence-electron chi connectivity index (χ0n) is 15.7. The highest BCUT2D eigenvalue weighted by molar-refractivity contribution is 8.28. The van der Waals surface area contributed by atoms with Gasteiger partial charge in [-0.25, -0.2) is 9.80 Å². The highest BCUT2D eigenvalue weighted by atomic mass is 32.2. The number of carbonyl (C=O) groups is 2. The second-order valence-corrected chi connectivity index (χ2v) is 8.60. The Morgan fingerprint density at radius 2 is 2.07 bits per heavy atom. The third-order valence-electron chi connectivity index (χ3n) is 4.23. The number of hydrogen-bond acceptors (Lipinski definition) is 10. The number of non-ortho nitro benzene ring substituents is 1. The highest BCUT2D eigenvalue weighted by Gasteiger charge is 2.56. The number of ether oxygens (including phenoxy) is 1. The van der Waals surface area contributed by atoms with Crippen molar-refractivity contribution in [1.82, 2.24) is 4.90 Å². The molecule has 0 aliphatic carbocycles. The van der Waals surface area contributed by atoms with Gasteiger partial charge in [0.1, 0.15) is 4.91 Å². The van der Waals surface area contributed by atoms with Gasteiger partial charge in [-0.15, -0.1) is 0 Å². The number of nitro groups is 1. The molecule has 0 fully saturated rings. The van der Waals surface area contributed by atoms with Crippen LogP contribution in [0.1, 0.15) is 20.8 Å². The summed E-state index contributed by atoms with van der Waals surface area (Å²) in [6, 6.07) is 6.00. The van der Waals surface area contributed by atoms with Gasteiger partial charge in [0.25, 0.3) is 5.69 Å². The molecule has 0 saturated carbocycles. The van der Waals surface area contributed by atoms with Gasteiger partial charge >= 0.3 is 5.97 Å². The number of nitrogens with zero attached hydrogens (tertiary/aromatic N) is 4. The van der Waals surface area contributed by atoms with Crippen molar-refractivity contribution in [3.63, 3.8) is 0 Å². The van der Waals surface area contributed by atoms with E-state index in [1.54, 1.807) is 38.0 Å². The van der Waals surface area contributed by atoms with Crippen LogP contribution in [0.3, 0.4) is 0 Å². The van der Waals surface area contributed by atoms with Crippen LogP contribution in [0.4, 0.5) is 11.4 Å². The fourth-order valence-electron chi connectivity index (χ4n) is 2.75. The number of anilines is 1. The van der Waals surface area contributed by atoms with Gasteiger partial charge in [-0.3, -0.25) is 14.9 Å². The highest BCUT2D eigenvalue weighted by Crippen LogP contribution is 2.58. The van der Waals surface area contributed by atoms with Crippen LogP contribution >= 0.6 is 23.5 Å². The molecule has 2 aliphatic rings. The zero-order chi connectivity index (χ0) is 20.6. The number of hydrazone groups is 1. The van der Waals surface area contributed by atoms with Crippen molar-refractivity contribution in [2.75, 3.05) is 18.7 Å². The van der Waals surface area contributed by atoms with E-state index >= 15 is 0 Å². The van der Waals surface area contributed by atoms with Gasteiger partial charge in [-0.05, 0) is 31.7 Å². The molecule has 1 aromatic carbocycles. The fraction of sp³-hybridized carbons (Fsp3) is 0.353. The molecule has 1 atom stereocenters. The van der Waals surface area contributed by atoms with E-state index in [0.29, 0.717) is 16.3 Å². The molecule has 0 radical (unpaired) electrons. The summed E-state index contributed by atoms with van der Waals surface area (Å²) in [4.78, 5) is 37.4. The maximum absolute atomic E-state index is 12.4. The number of carbonyl (C=O) groups excluding carboxylic acids is 2. The molecule has 2 aliphatic heterocycles. The van der Waals surface area contributed by atoms with Gasteiger partial charge in [-0.2, -0.15) is 5.10 Å². The zero-order valence-corrected chi connectivity index (χ0v) is 17.3. The van der Waals surface area contributed by atoms with Gasteiger partial charge in [0, 0.05) is 31.8 Å².